The fourth-order valence-electron chi connectivity index (χ4n) is 2.41. The third kappa shape index (κ3) is 3.64. The van der Waals surface area contributed by atoms with Crippen LogP contribution in [0.25, 0.3) is 11.0 Å². The van der Waals surface area contributed by atoms with E-state index >= 15 is 0 Å². The van der Waals surface area contributed by atoms with Gasteiger partial charge in [0.15, 0.2) is 0 Å². The van der Waals surface area contributed by atoms with Gasteiger partial charge in [-0.05, 0) is 24.3 Å². The molecule has 0 radical (unpaired) electrons. The zero-order chi connectivity index (χ0) is 19.8. The molecular weight excluding hydrogens is 369 g/mol. The zero-order valence-corrected chi connectivity index (χ0v) is 13.2. The first-order valence-corrected chi connectivity index (χ1v) is 7.36. The highest BCUT2D eigenvalue weighted by atomic mass is 19.4. The number of carbonyl (C=O) groups is 1. The lowest BCUT2D eigenvalue weighted by Crippen LogP contribution is -2.22. The van der Waals surface area contributed by atoms with Crippen LogP contribution < -0.4 is 10.9 Å². The molecule has 0 aliphatic rings. The first kappa shape index (κ1) is 18.1. The van der Waals surface area contributed by atoms with E-state index in [1.54, 1.807) is 0 Å². The highest BCUT2D eigenvalue weighted by Crippen LogP contribution is 2.34. The fraction of sp³-hybridized carbons (Fsp3) is 0.0588. The third-order valence-electron chi connectivity index (χ3n) is 3.65. The average molecular weight is 378 g/mol. The minimum Gasteiger partial charge on any atom is -0.422 e. The van der Waals surface area contributed by atoms with Crippen LogP contribution in [0.2, 0.25) is 0 Å². The Morgan fingerprint density at radius 2 is 1.81 bits per heavy atom. The zero-order valence-electron chi connectivity index (χ0n) is 13.2. The molecule has 7 nitrogen and oxygen atoms in total. The first-order chi connectivity index (χ1) is 12.7. The predicted octanol–water partition coefficient (Wildman–Crippen LogP) is 3.97. The molecule has 10 heteroatoms. The van der Waals surface area contributed by atoms with Crippen molar-refractivity contribution in [3.05, 3.63) is 80.2 Å². The van der Waals surface area contributed by atoms with Gasteiger partial charge in [-0.3, -0.25) is 14.9 Å². The number of anilines is 1. The van der Waals surface area contributed by atoms with Crippen LogP contribution in [0.1, 0.15) is 15.9 Å². The molecular formula is C17H9F3N2O5. The molecule has 2 aromatic carbocycles. The number of fused-ring (bicyclic) bond motifs is 1. The minimum atomic E-state index is -4.71. The summed E-state index contributed by atoms with van der Waals surface area (Å²) < 4.78 is 44.0. The second-order valence-electron chi connectivity index (χ2n) is 5.42. The Labute approximate surface area is 148 Å². The highest BCUT2D eigenvalue weighted by Gasteiger charge is 2.33. The number of nitro benzene ring substituents is 1. The summed E-state index contributed by atoms with van der Waals surface area (Å²) in [4.78, 5) is 34.4. The molecule has 0 saturated carbocycles. The minimum absolute atomic E-state index is 0.00200. The molecule has 1 amide bonds. The van der Waals surface area contributed by atoms with Crippen molar-refractivity contribution in [2.45, 2.75) is 6.18 Å². The van der Waals surface area contributed by atoms with Gasteiger partial charge < -0.3 is 9.73 Å². The second kappa shape index (κ2) is 6.56. The number of para-hydroxylation sites is 1. The van der Waals surface area contributed by atoms with Gasteiger partial charge in [-0.15, -0.1) is 0 Å². The normalized spacial score (nSPS) is 11.4. The molecule has 0 aliphatic heterocycles. The maximum absolute atomic E-state index is 13.0. The molecule has 0 fully saturated rings. The molecule has 0 aliphatic carbocycles. The fourth-order valence-corrected chi connectivity index (χ4v) is 2.41. The summed E-state index contributed by atoms with van der Waals surface area (Å²) in [7, 11) is 0. The van der Waals surface area contributed by atoms with Gasteiger partial charge in [0.25, 0.3) is 11.6 Å². The van der Waals surface area contributed by atoms with E-state index in [1.165, 1.54) is 12.1 Å². The van der Waals surface area contributed by atoms with E-state index in [9.17, 15) is 32.9 Å². The van der Waals surface area contributed by atoms with E-state index in [0.29, 0.717) is 0 Å². The van der Waals surface area contributed by atoms with Crippen LogP contribution in [-0.2, 0) is 6.18 Å². The molecule has 1 aromatic heterocycles. The van der Waals surface area contributed by atoms with E-state index in [-0.39, 0.29) is 16.7 Å². The van der Waals surface area contributed by atoms with Gasteiger partial charge >= 0.3 is 11.8 Å². The number of hydrogen-bond acceptors (Lipinski definition) is 5. The summed E-state index contributed by atoms with van der Waals surface area (Å²) in [6.07, 6.45) is -4.71. The van der Waals surface area contributed by atoms with Crippen molar-refractivity contribution in [1.82, 2.24) is 0 Å². The van der Waals surface area contributed by atoms with Crippen molar-refractivity contribution in [2.75, 3.05) is 5.32 Å². The van der Waals surface area contributed by atoms with Gasteiger partial charge in [0.05, 0.1) is 16.2 Å². The van der Waals surface area contributed by atoms with Gasteiger partial charge in [0, 0.05) is 17.5 Å². The molecule has 0 unspecified atom stereocenters. The Balaban J connectivity index is 2.03. The SMILES string of the molecule is O=C(Nc1ccccc1C(F)(F)F)c1cc2cc([N+](=O)[O-])ccc2oc1=O. The number of nitrogens with zero attached hydrogens (tertiary/aromatic N) is 1. The van der Waals surface area contributed by atoms with Crippen LogP contribution >= 0.6 is 0 Å². The Morgan fingerprint density at radius 3 is 2.48 bits per heavy atom. The molecule has 1 N–H and O–H groups in total. The maximum atomic E-state index is 13.0. The molecule has 3 rings (SSSR count). The van der Waals surface area contributed by atoms with Crippen LogP contribution in [0.15, 0.2) is 57.7 Å². The van der Waals surface area contributed by atoms with E-state index in [2.05, 4.69) is 0 Å². The number of benzene rings is 2. The Morgan fingerprint density at radius 1 is 1.11 bits per heavy atom. The number of alkyl halides is 3. The number of nitrogens with one attached hydrogen (secondary N) is 1. The molecule has 0 spiro atoms. The number of amides is 1. The van der Waals surface area contributed by atoms with Gasteiger partial charge in [0.2, 0.25) is 0 Å². The topological polar surface area (TPSA) is 102 Å². The van der Waals surface area contributed by atoms with Crippen molar-refractivity contribution in [3.8, 4) is 0 Å². The number of carbonyl (C=O) groups excluding carboxylic acids is 1. The van der Waals surface area contributed by atoms with Crippen LogP contribution in [0.5, 0.6) is 0 Å². The van der Waals surface area contributed by atoms with Crippen LogP contribution in [0, 0.1) is 10.1 Å². The van der Waals surface area contributed by atoms with Crippen molar-refractivity contribution in [1.29, 1.82) is 0 Å². The monoisotopic (exact) mass is 378 g/mol. The summed E-state index contributed by atoms with van der Waals surface area (Å²) in [6, 6.07) is 8.67. The summed E-state index contributed by atoms with van der Waals surface area (Å²) in [5.74, 6) is -1.13. The lowest BCUT2D eigenvalue weighted by molar-refractivity contribution is -0.384. The largest absolute Gasteiger partial charge is 0.422 e. The lowest BCUT2D eigenvalue weighted by atomic mass is 10.1. The van der Waals surface area contributed by atoms with Crippen molar-refractivity contribution >= 4 is 28.3 Å². The molecule has 1 heterocycles. The average Bonchev–Trinajstić information content (AvgIpc) is 2.60. The van der Waals surface area contributed by atoms with Gasteiger partial charge in [-0.1, -0.05) is 12.1 Å². The van der Waals surface area contributed by atoms with Crippen molar-refractivity contribution < 1.29 is 27.3 Å². The van der Waals surface area contributed by atoms with Crippen molar-refractivity contribution in [3.63, 3.8) is 0 Å². The number of nitro groups is 1. The molecule has 138 valence electrons. The Bertz CT molecular complexity index is 1120. The predicted molar refractivity (Wildman–Crippen MR) is 88.5 cm³/mol. The number of non-ortho nitro benzene ring substituents is 1. The van der Waals surface area contributed by atoms with E-state index in [0.717, 1.165) is 36.4 Å². The maximum Gasteiger partial charge on any atom is 0.418 e. The molecule has 0 saturated heterocycles. The van der Waals surface area contributed by atoms with Crippen LogP contribution in [0.3, 0.4) is 0 Å². The van der Waals surface area contributed by atoms with Gasteiger partial charge in [0.1, 0.15) is 11.1 Å². The first-order valence-electron chi connectivity index (χ1n) is 7.36. The number of hydrogen-bond donors (Lipinski definition) is 1. The smallest absolute Gasteiger partial charge is 0.418 e. The molecule has 3 aromatic rings. The lowest BCUT2D eigenvalue weighted by Gasteiger charge is -2.13. The van der Waals surface area contributed by atoms with E-state index < -0.39 is 39.4 Å². The third-order valence-corrected chi connectivity index (χ3v) is 3.65. The molecule has 0 atom stereocenters. The van der Waals surface area contributed by atoms with Crippen LogP contribution in [-0.4, -0.2) is 10.8 Å². The van der Waals surface area contributed by atoms with Crippen LogP contribution in [0.4, 0.5) is 24.5 Å². The summed E-state index contributed by atoms with van der Waals surface area (Å²) in [5.41, 5.74) is -3.59. The van der Waals surface area contributed by atoms with Gasteiger partial charge in [-0.2, -0.15) is 13.2 Å². The highest BCUT2D eigenvalue weighted by molar-refractivity contribution is 6.05. The standard InChI is InChI=1S/C17H9F3N2O5/c18-17(19,20)12-3-1-2-4-13(12)21-15(23)11-8-9-7-10(22(25)26)5-6-14(9)27-16(11)24/h1-8H,(H,21,23). The number of rotatable bonds is 3. The Kier molecular flexibility index (Phi) is 4.40. The summed E-state index contributed by atoms with van der Waals surface area (Å²) in [5, 5.41) is 12.9. The molecule has 0 bridgehead atoms. The summed E-state index contributed by atoms with van der Waals surface area (Å²) in [6.45, 7) is 0. The van der Waals surface area contributed by atoms with E-state index in [1.807, 2.05) is 5.32 Å². The second-order valence-corrected chi connectivity index (χ2v) is 5.42. The van der Waals surface area contributed by atoms with Crippen molar-refractivity contribution in [2.24, 2.45) is 0 Å². The number of halogens is 3. The van der Waals surface area contributed by atoms with Gasteiger partial charge in [-0.25, -0.2) is 4.79 Å². The quantitative estimate of drug-likeness (QED) is 0.422. The Hall–Kier alpha value is -3.69. The molecule has 27 heavy (non-hydrogen) atoms. The van der Waals surface area contributed by atoms with E-state index in [4.69, 9.17) is 4.42 Å². The summed E-state index contributed by atoms with van der Waals surface area (Å²) >= 11 is 0.